The number of nitrogens with one attached hydrogen (secondary N) is 1. The number of aromatic nitrogens is 1. The number of pyridine rings is 1. The average Bonchev–Trinajstić information content (AvgIpc) is 2.48. The second kappa shape index (κ2) is 7.58. The number of piperidine rings is 1. The van der Waals surface area contributed by atoms with E-state index in [4.69, 9.17) is 4.74 Å². The highest BCUT2D eigenvalue weighted by Gasteiger charge is 2.27. The number of nitrogens with zero attached hydrogens (tertiary/aromatic N) is 2. The van der Waals surface area contributed by atoms with Crippen molar-refractivity contribution in [1.82, 2.24) is 9.88 Å². The van der Waals surface area contributed by atoms with E-state index in [9.17, 15) is 4.79 Å². The minimum absolute atomic E-state index is 0.0161. The molecule has 0 radical (unpaired) electrons. The van der Waals surface area contributed by atoms with Crippen molar-refractivity contribution in [3.05, 3.63) is 23.0 Å². The Morgan fingerprint density at radius 3 is 2.86 bits per heavy atom. The Hall–Kier alpha value is -1.62. The van der Waals surface area contributed by atoms with E-state index in [0.717, 1.165) is 48.4 Å². The maximum atomic E-state index is 12.7. The number of carbonyl (C=O) groups excluding carboxylic acids is 1. The molecule has 1 aliphatic rings. The van der Waals surface area contributed by atoms with Crippen molar-refractivity contribution < 1.29 is 9.53 Å². The third kappa shape index (κ3) is 3.97. The van der Waals surface area contributed by atoms with Crippen molar-refractivity contribution in [3.8, 4) is 0 Å². The predicted octanol–water partition coefficient (Wildman–Crippen LogP) is 3.43. The molecule has 1 saturated heterocycles. The molecule has 0 spiro atoms. The fourth-order valence-electron chi connectivity index (χ4n) is 3.21. The summed E-state index contributed by atoms with van der Waals surface area (Å²) in [6.07, 6.45) is 4.21. The summed E-state index contributed by atoms with van der Waals surface area (Å²) in [4.78, 5) is 19.1. The number of aryl methyl sites for hydroxylation is 3. The minimum atomic E-state index is -0.0161. The van der Waals surface area contributed by atoms with Gasteiger partial charge in [0.1, 0.15) is 0 Å². The number of ether oxygens (including phenoxy) is 1. The van der Waals surface area contributed by atoms with Crippen LogP contribution < -0.4 is 5.32 Å². The molecule has 5 nitrogen and oxygen atoms in total. The molecule has 0 bridgehead atoms. The minimum Gasteiger partial charge on any atom is -0.385 e. The molecule has 0 aliphatic carbocycles. The summed E-state index contributed by atoms with van der Waals surface area (Å²) in [7, 11) is 1.71. The molecule has 2 heterocycles. The molecule has 2 amide bonds. The van der Waals surface area contributed by atoms with Crippen molar-refractivity contribution in [2.45, 2.75) is 52.5 Å². The highest BCUT2D eigenvalue weighted by Crippen LogP contribution is 2.23. The highest BCUT2D eigenvalue weighted by atomic mass is 16.5. The largest absolute Gasteiger partial charge is 0.385 e. The lowest BCUT2D eigenvalue weighted by atomic mass is 10.00. The number of amides is 2. The first-order chi connectivity index (χ1) is 10.5. The predicted molar refractivity (Wildman–Crippen MR) is 88.3 cm³/mol. The molecule has 0 aromatic carbocycles. The van der Waals surface area contributed by atoms with Gasteiger partial charge in [-0.15, -0.1) is 0 Å². The van der Waals surface area contributed by atoms with Gasteiger partial charge in [0.25, 0.3) is 0 Å². The average molecular weight is 305 g/mol. The van der Waals surface area contributed by atoms with Crippen molar-refractivity contribution in [3.63, 3.8) is 0 Å². The molecule has 22 heavy (non-hydrogen) atoms. The van der Waals surface area contributed by atoms with Crippen molar-refractivity contribution >= 4 is 11.7 Å². The maximum Gasteiger partial charge on any atom is 0.322 e. The molecule has 1 fully saturated rings. The lowest BCUT2D eigenvalue weighted by molar-refractivity contribution is 0.123. The molecular weight excluding hydrogens is 278 g/mol. The van der Waals surface area contributed by atoms with E-state index in [-0.39, 0.29) is 12.1 Å². The highest BCUT2D eigenvalue weighted by molar-refractivity contribution is 5.91. The summed E-state index contributed by atoms with van der Waals surface area (Å²) in [5.41, 5.74) is 3.75. The number of rotatable bonds is 4. The van der Waals surface area contributed by atoms with Gasteiger partial charge in [-0.3, -0.25) is 4.98 Å². The SMILES string of the molecule is COCC[C@H]1CCCCN1C(=O)Nc1c(C)cc(C)nc1C. The van der Waals surface area contributed by atoms with Crippen LogP contribution in [0.5, 0.6) is 0 Å². The number of hydrogen-bond donors (Lipinski definition) is 1. The van der Waals surface area contributed by atoms with Crippen LogP contribution in [0.2, 0.25) is 0 Å². The monoisotopic (exact) mass is 305 g/mol. The Labute approximate surface area is 133 Å². The third-order valence-corrected chi connectivity index (χ3v) is 4.30. The van der Waals surface area contributed by atoms with Gasteiger partial charge in [0.2, 0.25) is 0 Å². The van der Waals surface area contributed by atoms with E-state index in [0.29, 0.717) is 6.61 Å². The van der Waals surface area contributed by atoms with E-state index >= 15 is 0 Å². The lowest BCUT2D eigenvalue weighted by Gasteiger charge is -2.36. The summed E-state index contributed by atoms with van der Waals surface area (Å²) in [6, 6.07) is 2.26. The third-order valence-electron chi connectivity index (χ3n) is 4.30. The van der Waals surface area contributed by atoms with Gasteiger partial charge in [-0.2, -0.15) is 0 Å². The van der Waals surface area contributed by atoms with Crippen LogP contribution in [0.15, 0.2) is 6.07 Å². The first kappa shape index (κ1) is 16.7. The van der Waals surface area contributed by atoms with E-state index in [1.165, 1.54) is 6.42 Å². The van der Waals surface area contributed by atoms with Gasteiger partial charge in [0.05, 0.1) is 11.4 Å². The Bertz CT molecular complexity index is 508. The molecule has 1 N–H and O–H groups in total. The fraction of sp³-hybridized carbons (Fsp3) is 0.647. The number of methoxy groups -OCH3 is 1. The Kier molecular flexibility index (Phi) is 5.77. The summed E-state index contributed by atoms with van der Waals surface area (Å²) in [6.45, 7) is 7.43. The number of likely N-dealkylation sites (tertiary alicyclic amines) is 1. The number of carbonyl (C=O) groups is 1. The van der Waals surface area contributed by atoms with Crippen LogP contribution in [-0.4, -0.2) is 42.2 Å². The molecule has 1 aromatic rings. The summed E-state index contributed by atoms with van der Waals surface area (Å²) >= 11 is 0. The molecule has 2 rings (SSSR count). The molecule has 0 unspecified atom stereocenters. The van der Waals surface area contributed by atoms with Gasteiger partial charge in [-0.25, -0.2) is 4.79 Å². The summed E-state index contributed by atoms with van der Waals surface area (Å²) < 4.78 is 5.17. The van der Waals surface area contributed by atoms with Crippen molar-refractivity contribution in [2.75, 3.05) is 25.6 Å². The first-order valence-corrected chi connectivity index (χ1v) is 8.04. The van der Waals surface area contributed by atoms with Gasteiger partial charge in [-0.05, 0) is 58.1 Å². The van der Waals surface area contributed by atoms with Crippen LogP contribution in [0.25, 0.3) is 0 Å². The van der Waals surface area contributed by atoms with E-state index in [1.807, 2.05) is 31.7 Å². The molecule has 1 aliphatic heterocycles. The fourth-order valence-corrected chi connectivity index (χ4v) is 3.21. The van der Waals surface area contributed by atoms with Crippen molar-refractivity contribution in [2.24, 2.45) is 0 Å². The van der Waals surface area contributed by atoms with E-state index < -0.39 is 0 Å². The zero-order valence-electron chi connectivity index (χ0n) is 14.1. The normalized spacial score (nSPS) is 18.4. The van der Waals surface area contributed by atoms with Crippen LogP contribution in [0.3, 0.4) is 0 Å². The molecule has 1 atom stereocenters. The van der Waals surface area contributed by atoms with Gasteiger partial charge in [0, 0.05) is 32.0 Å². The summed E-state index contributed by atoms with van der Waals surface area (Å²) in [5, 5.41) is 3.07. The van der Waals surface area contributed by atoms with Gasteiger partial charge in [-0.1, -0.05) is 0 Å². The summed E-state index contributed by atoms with van der Waals surface area (Å²) in [5.74, 6) is 0. The van der Waals surface area contributed by atoms with Crippen LogP contribution in [-0.2, 0) is 4.74 Å². The maximum absolute atomic E-state index is 12.7. The molecule has 1 aromatic heterocycles. The smallest absolute Gasteiger partial charge is 0.322 e. The quantitative estimate of drug-likeness (QED) is 0.927. The van der Waals surface area contributed by atoms with Crippen LogP contribution in [0.4, 0.5) is 10.5 Å². The number of hydrogen-bond acceptors (Lipinski definition) is 3. The molecule has 122 valence electrons. The zero-order valence-corrected chi connectivity index (χ0v) is 14.1. The van der Waals surface area contributed by atoms with Crippen LogP contribution in [0, 0.1) is 20.8 Å². The Balaban J connectivity index is 2.10. The molecule has 5 heteroatoms. The topological polar surface area (TPSA) is 54.5 Å². The second-order valence-corrected chi connectivity index (χ2v) is 6.10. The van der Waals surface area contributed by atoms with Gasteiger partial charge >= 0.3 is 6.03 Å². The standard InChI is InChI=1S/C17H27N3O2/c1-12-11-13(2)18-14(3)16(12)19-17(21)20-9-6-5-7-15(20)8-10-22-4/h11,15H,5-10H2,1-4H3,(H,19,21)/t15-/m1/s1. The van der Waals surface area contributed by atoms with Crippen molar-refractivity contribution in [1.29, 1.82) is 0 Å². The lowest BCUT2D eigenvalue weighted by Crippen LogP contribution is -2.46. The number of urea groups is 1. The Morgan fingerprint density at radius 1 is 1.41 bits per heavy atom. The van der Waals surface area contributed by atoms with Gasteiger partial charge < -0.3 is 15.0 Å². The number of anilines is 1. The van der Waals surface area contributed by atoms with E-state index in [1.54, 1.807) is 7.11 Å². The first-order valence-electron chi connectivity index (χ1n) is 8.04. The molecular formula is C17H27N3O2. The van der Waals surface area contributed by atoms with Gasteiger partial charge in [0.15, 0.2) is 0 Å². The zero-order chi connectivity index (χ0) is 16.1. The second-order valence-electron chi connectivity index (χ2n) is 6.10. The van der Waals surface area contributed by atoms with Crippen LogP contribution >= 0.6 is 0 Å². The van der Waals surface area contributed by atoms with Crippen LogP contribution in [0.1, 0.15) is 42.6 Å². The van der Waals surface area contributed by atoms with E-state index in [2.05, 4.69) is 10.3 Å². The Morgan fingerprint density at radius 2 is 2.18 bits per heavy atom. The molecule has 0 saturated carbocycles.